The normalized spacial score (nSPS) is 12.4. The lowest BCUT2D eigenvalue weighted by molar-refractivity contribution is 0.0940. The fraction of sp³-hybridized carbons (Fsp3) is 0.316. The van der Waals surface area contributed by atoms with Crippen molar-refractivity contribution in [2.75, 3.05) is 10.6 Å². The molecule has 0 radical (unpaired) electrons. The summed E-state index contributed by atoms with van der Waals surface area (Å²) in [5.41, 5.74) is 1.59. The summed E-state index contributed by atoms with van der Waals surface area (Å²) in [5, 5.41) is 2.90. The molecule has 0 bridgehead atoms. The Morgan fingerprint density at radius 1 is 1.08 bits per heavy atom. The number of nitrogens with zero attached hydrogens (tertiary/aromatic N) is 1. The summed E-state index contributed by atoms with van der Waals surface area (Å²) < 4.78 is 26.0. The number of rotatable bonds is 7. The predicted octanol–water partition coefficient (Wildman–Crippen LogP) is 3.18. The molecule has 1 N–H and O–H groups in total. The summed E-state index contributed by atoms with van der Waals surface area (Å²) in [7, 11) is -3.55. The van der Waals surface area contributed by atoms with E-state index in [1.165, 1.54) is 4.31 Å². The molecule has 1 amide bonds. The minimum absolute atomic E-state index is 0.0152. The molecule has 0 aliphatic rings. The van der Waals surface area contributed by atoms with Crippen LogP contribution in [0.25, 0.3) is 0 Å². The summed E-state index contributed by atoms with van der Waals surface area (Å²) in [6, 6.07) is 16.1. The van der Waals surface area contributed by atoms with Gasteiger partial charge in [-0.2, -0.15) is 0 Å². The van der Waals surface area contributed by atoms with Crippen LogP contribution in [-0.4, -0.2) is 26.6 Å². The molecular formula is C19H24N2O3S. The van der Waals surface area contributed by atoms with Gasteiger partial charge in [-0.15, -0.1) is 0 Å². The molecule has 0 saturated carbocycles. The first-order valence-electron chi connectivity index (χ1n) is 8.24. The fourth-order valence-electron chi connectivity index (χ4n) is 2.42. The molecule has 0 fully saturated rings. The molecule has 0 heterocycles. The van der Waals surface area contributed by atoms with Gasteiger partial charge in [-0.1, -0.05) is 49.4 Å². The number of nitrogens with one attached hydrogen (secondary N) is 1. The lowest BCUT2D eigenvalue weighted by Crippen LogP contribution is -2.35. The maximum absolute atomic E-state index is 12.6. The van der Waals surface area contributed by atoms with Crippen molar-refractivity contribution in [2.45, 2.75) is 32.9 Å². The molecule has 6 heteroatoms. The second-order valence-electron chi connectivity index (χ2n) is 6.06. The Morgan fingerprint density at radius 3 is 2.28 bits per heavy atom. The van der Waals surface area contributed by atoms with Crippen LogP contribution in [0.2, 0.25) is 0 Å². The monoisotopic (exact) mass is 360 g/mol. The van der Waals surface area contributed by atoms with Crippen LogP contribution in [-0.2, 0) is 16.6 Å². The van der Waals surface area contributed by atoms with Crippen LogP contribution >= 0.6 is 0 Å². The second kappa shape index (κ2) is 8.16. The van der Waals surface area contributed by atoms with Gasteiger partial charge >= 0.3 is 0 Å². The number of hydrogen-bond acceptors (Lipinski definition) is 3. The van der Waals surface area contributed by atoms with E-state index in [9.17, 15) is 13.2 Å². The first-order chi connectivity index (χ1) is 11.8. The number of para-hydroxylation sites is 1. The highest BCUT2D eigenvalue weighted by Gasteiger charge is 2.23. The van der Waals surface area contributed by atoms with Gasteiger partial charge in [0.15, 0.2) is 0 Å². The molecule has 0 aromatic heterocycles. The average Bonchev–Trinajstić information content (AvgIpc) is 2.59. The third kappa shape index (κ3) is 5.06. The van der Waals surface area contributed by atoms with Crippen molar-refractivity contribution in [1.29, 1.82) is 0 Å². The molecule has 2 aromatic carbocycles. The van der Waals surface area contributed by atoms with Crippen molar-refractivity contribution in [2.24, 2.45) is 0 Å². The number of anilines is 1. The van der Waals surface area contributed by atoms with Crippen molar-refractivity contribution >= 4 is 21.6 Å². The lowest BCUT2D eigenvalue weighted by Gasteiger charge is -2.25. The van der Waals surface area contributed by atoms with Gasteiger partial charge in [-0.3, -0.25) is 9.10 Å². The van der Waals surface area contributed by atoms with Crippen LogP contribution < -0.4 is 9.62 Å². The zero-order valence-corrected chi connectivity index (χ0v) is 15.6. The van der Waals surface area contributed by atoms with Crippen LogP contribution in [0, 0.1) is 0 Å². The molecule has 5 nitrogen and oxygen atoms in total. The van der Waals surface area contributed by atoms with Gasteiger partial charge in [0, 0.05) is 6.04 Å². The average molecular weight is 360 g/mol. The molecule has 2 rings (SSSR count). The van der Waals surface area contributed by atoms with Crippen molar-refractivity contribution in [3.8, 4) is 0 Å². The first-order valence-corrected chi connectivity index (χ1v) is 10.1. The SMILES string of the molecule is CCC(C)NC(=O)c1ccccc1N(Cc1ccccc1)S(C)(=O)=O. The quantitative estimate of drug-likeness (QED) is 0.825. The minimum atomic E-state index is -3.55. The maximum atomic E-state index is 12.6. The zero-order valence-electron chi connectivity index (χ0n) is 14.8. The summed E-state index contributed by atoms with van der Waals surface area (Å²) >= 11 is 0. The number of amides is 1. The van der Waals surface area contributed by atoms with E-state index < -0.39 is 10.0 Å². The molecule has 0 saturated heterocycles. The number of benzene rings is 2. The van der Waals surface area contributed by atoms with E-state index in [4.69, 9.17) is 0 Å². The van der Waals surface area contributed by atoms with Gasteiger partial charge in [0.2, 0.25) is 10.0 Å². The lowest BCUT2D eigenvalue weighted by atomic mass is 10.1. The van der Waals surface area contributed by atoms with Gasteiger partial charge in [-0.25, -0.2) is 8.42 Å². The second-order valence-corrected chi connectivity index (χ2v) is 7.96. The van der Waals surface area contributed by atoms with Crippen LogP contribution in [0.3, 0.4) is 0 Å². The smallest absolute Gasteiger partial charge is 0.253 e. The summed E-state index contributed by atoms with van der Waals surface area (Å²) in [4.78, 5) is 12.6. The molecule has 134 valence electrons. The van der Waals surface area contributed by atoms with Crippen LogP contribution in [0.4, 0.5) is 5.69 Å². The molecule has 1 unspecified atom stereocenters. The summed E-state index contributed by atoms with van der Waals surface area (Å²) in [5.74, 6) is -0.272. The maximum Gasteiger partial charge on any atom is 0.253 e. The van der Waals surface area contributed by atoms with Crippen LogP contribution in [0.5, 0.6) is 0 Å². The van der Waals surface area contributed by atoms with Gasteiger partial charge in [0.05, 0.1) is 24.1 Å². The Kier molecular flexibility index (Phi) is 6.20. The molecular weight excluding hydrogens is 336 g/mol. The molecule has 2 aromatic rings. The van der Waals surface area contributed by atoms with E-state index in [0.29, 0.717) is 11.3 Å². The highest BCUT2D eigenvalue weighted by Crippen LogP contribution is 2.25. The van der Waals surface area contributed by atoms with E-state index in [1.54, 1.807) is 24.3 Å². The van der Waals surface area contributed by atoms with Crippen molar-refractivity contribution < 1.29 is 13.2 Å². The zero-order chi connectivity index (χ0) is 18.4. The number of sulfonamides is 1. The Balaban J connectivity index is 2.43. The van der Waals surface area contributed by atoms with Crippen molar-refractivity contribution in [1.82, 2.24) is 5.32 Å². The van der Waals surface area contributed by atoms with E-state index in [1.807, 2.05) is 44.2 Å². The van der Waals surface area contributed by atoms with E-state index in [-0.39, 0.29) is 18.5 Å². The fourth-order valence-corrected chi connectivity index (χ4v) is 3.32. The van der Waals surface area contributed by atoms with Gasteiger partial charge < -0.3 is 5.32 Å². The van der Waals surface area contributed by atoms with Crippen LogP contribution in [0.1, 0.15) is 36.2 Å². The molecule has 0 aliphatic carbocycles. The summed E-state index contributed by atoms with van der Waals surface area (Å²) in [6.07, 6.45) is 1.95. The largest absolute Gasteiger partial charge is 0.350 e. The Labute approximate surface area is 149 Å². The van der Waals surface area contributed by atoms with Crippen molar-refractivity contribution in [3.63, 3.8) is 0 Å². The van der Waals surface area contributed by atoms with Crippen LogP contribution in [0.15, 0.2) is 54.6 Å². The predicted molar refractivity (Wildman–Crippen MR) is 101 cm³/mol. The molecule has 1 atom stereocenters. The number of carbonyl (C=O) groups excluding carboxylic acids is 1. The highest BCUT2D eigenvalue weighted by atomic mass is 32.2. The highest BCUT2D eigenvalue weighted by molar-refractivity contribution is 7.92. The minimum Gasteiger partial charge on any atom is -0.350 e. The number of hydrogen-bond donors (Lipinski definition) is 1. The third-order valence-electron chi connectivity index (χ3n) is 3.98. The van der Waals surface area contributed by atoms with E-state index >= 15 is 0 Å². The first kappa shape index (κ1) is 19.0. The van der Waals surface area contributed by atoms with Gasteiger partial charge in [0.1, 0.15) is 0 Å². The topological polar surface area (TPSA) is 66.5 Å². The Bertz CT molecular complexity index is 820. The van der Waals surface area contributed by atoms with Gasteiger partial charge in [-0.05, 0) is 31.0 Å². The molecule has 0 spiro atoms. The van der Waals surface area contributed by atoms with E-state index in [2.05, 4.69) is 5.32 Å². The number of carbonyl (C=O) groups is 1. The van der Waals surface area contributed by atoms with Crippen molar-refractivity contribution in [3.05, 3.63) is 65.7 Å². The standard InChI is InChI=1S/C19H24N2O3S/c1-4-15(2)20-19(22)17-12-8-9-13-18(17)21(25(3,23)24)14-16-10-6-5-7-11-16/h5-13,15H,4,14H2,1-3H3,(H,20,22). The molecule has 25 heavy (non-hydrogen) atoms. The Hall–Kier alpha value is -2.34. The van der Waals surface area contributed by atoms with Gasteiger partial charge in [0.25, 0.3) is 5.91 Å². The molecule has 0 aliphatic heterocycles. The Morgan fingerprint density at radius 2 is 1.68 bits per heavy atom. The summed E-state index contributed by atoms with van der Waals surface area (Å²) in [6.45, 7) is 4.07. The van der Waals surface area contributed by atoms with E-state index in [0.717, 1.165) is 18.2 Å². The third-order valence-corrected chi connectivity index (χ3v) is 5.10.